The predicted octanol–water partition coefficient (Wildman–Crippen LogP) is 0.527. The lowest BCUT2D eigenvalue weighted by Crippen LogP contribution is -2.22. The molecular formula is C7H10O3. The van der Waals surface area contributed by atoms with E-state index in [1.165, 1.54) is 6.92 Å². The molecule has 0 unspecified atom stereocenters. The quantitative estimate of drug-likeness (QED) is 0.501. The first-order valence-corrected chi connectivity index (χ1v) is 3.31. The SMILES string of the molecule is CC(=O)[C@H]1OC(=O)C[C@H]1C. The molecule has 0 N–H and O–H groups in total. The molecule has 0 amide bonds. The third kappa shape index (κ3) is 1.17. The van der Waals surface area contributed by atoms with Crippen LogP contribution in [0.2, 0.25) is 0 Å². The number of ketones is 1. The summed E-state index contributed by atoms with van der Waals surface area (Å²) >= 11 is 0. The van der Waals surface area contributed by atoms with Crippen LogP contribution in [-0.4, -0.2) is 17.9 Å². The molecule has 2 atom stereocenters. The van der Waals surface area contributed by atoms with Crippen molar-refractivity contribution in [3.05, 3.63) is 0 Å². The summed E-state index contributed by atoms with van der Waals surface area (Å²) in [5, 5.41) is 0. The number of rotatable bonds is 1. The highest BCUT2D eigenvalue weighted by atomic mass is 16.6. The van der Waals surface area contributed by atoms with Crippen LogP contribution in [0.5, 0.6) is 0 Å². The lowest BCUT2D eigenvalue weighted by atomic mass is 10.0. The molecule has 10 heavy (non-hydrogen) atoms. The Bertz CT molecular complexity index is 174. The molecule has 1 heterocycles. The van der Waals surface area contributed by atoms with Crippen LogP contribution in [0.15, 0.2) is 0 Å². The highest BCUT2D eigenvalue weighted by Gasteiger charge is 2.34. The average molecular weight is 142 g/mol. The molecule has 0 radical (unpaired) electrons. The summed E-state index contributed by atoms with van der Waals surface area (Å²) in [5.74, 6) is -0.254. The van der Waals surface area contributed by atoms with E-state index in [1.54, 1.807) is 0 Å². The van der Waals surface area contributed by atoms with Crippen LogP contribution in [-0.2, 0) is 14.3 Å². The van der Waals surface area contributed by atoms with Gasteiger partial charge in [0.1, 0.15) is 0 Å². The molecule has 0 aliphatic carbocycles. The van der Waals surface area contributed by atoms with Gasteiger partial charge in [0.25, 0.3) is 0 Å². The summed E-state index contributed by atoms with van der Waals surface area (Å²) in [6.45, 7) is 3.29. The smallest absolute Gasteiger partial charge is 0.306 e. The van der Waals surface area contributed by atoms with Gasteiger partial charge in [0.15, 0.2) is 11.9 Å². The van der Waals surface area contributed by atoms with Gasteiger partial charge in [-0.25, -0.2) is 0 Å². The monoisotopic (exact) mass is 142 g/mol. The minimum Gasteiger partial charge on any atom is -0.454 e. The van der Waals surface area contributed by atoms with E-state index < -0.39 is 6.10 Å². The van der Waals surface area contributed by atoms with E-state index in [0.717, 1.165) is 0 Å². The minimum absolute atomic E-state index is 0.0571. The number of carbonyl (C=O) groups is 2. The van der Waals surface area contributed by atoms with Crippen LogP contribution in [0, 0.1) is 5.92 Å². The van der Waals surface area contributed by atoms with Gasteiger partial charge < -0.3 is 4.74 Å². The largest absolute Gasteiger partial charge is 0.454 e. The summed E-state index contributed by atoms with van der Waals surface area (Å²) in [6.07, 6.45) is -0.1000. The van der Waals surface area contributed by atoms with Crippen molar-refractivity contribution < 1.29 is 14.3 Å². The number of esters is 1. The fourth-order valence-corrected chi connectivity index (χ4v) is 1.16. The van der Waals surface area contributed by atoms with Gasteiger partial charge in [0, 0.05) is 5.92 Å². The Morgan fingerprint density at radius 3 is 2.50 bits per heavy atom. The predicted molar refractivity (Wildman–Crippen MR) is 34.3 cm³/mol. The van der Waals surface area contributed by atoms with Gasteiger partial charge >= 0.3 is 5.97 Å². The van der Waals surface area contributed by atoms with E-state index in [0.29, 0.717) is 6.42 Å². The topological polar surface area (TPSA) is 43.4 Å². The molecule has 0 saturated carbocycles. The van der Waals surface area contributed by atoms with Gasteiger partial charge in [0.05, 0.1) is 6.42 Å². The molecule has 3 heteroatoms. The van der Waals surface area contributed by atoms with Crippen molar-refractivity contribution in [2.75, 3.05) is 0 Å². The van der Waals surface area contributed by atoms with Crippen molar-refractivity contribution in [1.29, 1.82) is 0 Å². The minimum atomic E-state index is -0.479. The highest BCUT2D eigenvalue weighted by molar-refractivity contribution is 5.86. The summed E-state index contributed by atoms with van der Waals surface area (Å²) in [7, 11) is 0. The molecule has 0 aromatic rings. The number of hydrogen-bond donors (Lipinski definition) is 0. The first-order chi connectivity index (χ1) is 4.61. The molecule has 1 saturated heterocycles. The molecule has 56 valence electrons. The summed E-state index contributed by atoms with van der Waals surface area (Å²) in [4.78, 5) is 21.3. The van der Waals surface area contributed by atoms with Gasteiger partial charge in [-0.1, -0.05) is 6.92 Å². The third-order valence-corrected chi connectivity index (χ3v) is 1.66. The molecule has 0 aromatic heterocycles. The van der Waals surface area contributed by atoms with E-state index in [1.807, 2.05) is 6.92 Å². The zero-order chi connectivity index (χ0) is 7.72. The van der Waals surface area contributed by atoms with E-state index in [-0.39, 0.29) is 17.7 Å². The van der Waals surface area contributed by atoms with Crippen LogP contribution in [0.3, 0.4) is 0 Å². The van der Waals surface area contributed by atoms with E-state index >= 15 is 0 Å². The molecule has 0 bridgehead atoms. The number of carbonyl (C=O) groups excluding carboxylic acids is 2. The fraction of sp³-hybridized carbons (Fsp3) is 0.714. The first-order valence-electron chi connectivity index (χ1n) is 3.31. The van der Waals surface area contributed by atoms with Gasteiger partial charge in [-0.3, -0.25) is 9.59 Å². The van der Waals surface area contributed by atoms with E-state index in [9.17, 15) is 9.59 Å². The molecular weight excluding hydrogens is 132 g/mol. The molecule has 0 aromatic carbocycles. The van der Waals surface area contributed by atoms with Crippen molar-refractivity contribution in [3.8, 4) is 0 Å². The zero-order valence-electron chi connectivity index (χ0n) is 6.09. The van der Waals surface area contributed by atoms with Crippen LogP contribution in [0.4, 0.5) is 0 Å². The third-order valence-electron chi connectivity index (χ3n) is 1.66. The molecule has 1 fully saturated rings. The maximum Gasteiger partial charge on any atom is 0.306 e. The Morgan fingerprint density at radius 2 is 2.30 bits per heavy atom. The second-order valence-corrected chi connectivity index (χ2v) is 2.70. The Kier molecular flexibility index (Phi) is 1.74. The molecule has 1 aliphatic heterocycles. The van der Waals surface area contributed by atoms with Crippen molar-refractivity contribution in [3.63, 3.8) is 0 Å². The summed E-state index contributed by atoms with van der Waals surface area (Å²) in [6, 6.07) is 0. The lowest BCUT2D eigenvalue weighted by molar-refractivity contribution is -0.147. The standard InChI is InChI=1S/C7H10O3/c1-4-3-6(9)10-7(4)5(2)8/h4,7H,3H2,1-2H3/t4-,7+/m1/s1. The molecule has 1 aliphatic rings. The van der Waals surface area contributed by atoms with Crippen molar-refractivity contribution in [2.24, 2.45) is 5.92 Å². The van der Waals surface area contributed by atoms with Gasteiger partial charge in [-0.15, -0.1) is 0 Å². The van der Waals surface area contributed by atoms with Crippen LogP contribution in [0.25, 0.3) is 0 Å². The summed E-state index contributed by atoms with van der Waals surface area (Å²) < 4.78 is 4.75. The Hall–Kier alpha value is -0.860. The Labute approximate surface area is 59.4 Å². The average Bonchev–Trinajstić information content (AvgIpc) is 2.10. The normalized spacial score (nSPS) is 32.0. The molecule has 1 rings (SSSR count). The van der Waals surface area contributed by atoms with E-state index in [4.69, 9.17) is 4.74 Å². The number of hydrogen-bond acceptors (Lipinski definition) is 3. The second-order valence-electron chi connectivity index (χ2n) is 2.70. The Morgan fingerprint density at radius 1 is 1.70 bits per heavy atom. The number of cyclic esters (lactones) is 1. The van der Waals surface area contributed by atoms with Gasteiger partial charge in [0.2, 0.25) is 0 Å². The lowest BCUT2D eigenvalue weighted by Gasteiger charge is -2.07. The van der Waals surface area contributed by atoms with Crippen LogP contribution in [0.1, 0.15) is 20.3 Å². The van der Waals surface area contributed by atoms with E-state index in [2.05, 4.69) is 0 Å². The first kappa shape index (κ1) is 7.25. The van der Waals surface area contributed by atoms with Crippen LogP contribution >= 0.6 is 0 Å². The fourth-order valence-electron chi connectivity index (χ4n) is 1.16. The van der Waals surface area contributed by atoms with Gasteiger partial charge in [-0.05, 0) is 6.92 Å². The molecule has 3 nitrogen and oxygen atoms in total. The molecule has 0 spiro atoms. The maximum atomic E-state index is 10.7. The number of ether oxygens (including phenoxy) is 1. The number of Topliss-reactive ketones (excluding diaryl/α,β-unsaturated/α-hetero) is 1. The highest BCUT2D eigenvalue weighted by Crippen LogP contribution is 2.21. The second kappa shape index (κ2) is 2.40. The zero-order valence-corrected chi connectivity index (χ0v) is 6.09. The Balaban J connectivity index is 2.63. The van der Waals surface area contributed by atoms with Crippen molar-refractivity contribution in [2.45, 2.75) is 26.4 Å². The maximum absolute atomic E-state index is 10.7. The van der Waals surface area contributed by atoms with Crippen LogP contribution < -0.4 is 0 Å². The summed E-state index contributed by atoms with van der Waals surface area (Å²) in [5.41, 5.74) is 0. The van der Waals surface area contributed by atoms with Crippen molar-refractivity contribution >= 4 is 11.8 Å². The van der Waals surface area contributed by atoms with Crippen molar-refractivity contribution in [1.82, 2.24) is 0 Å². The van der Waals surface area contributed by atoms with Gasteiger partial charge in [-0.2, -0.15) is 0 Å².